The molecule has 1 aromatic carbocycles. The third-order valence-electron chi connectivity index (χ3n) is 4.87. The number of carboxylic acid groups (broad SMARTS) is 1. The standard InChI is InChI=1S/C19H28N2O5S/c1-3-4-7-17(19(23)24)20-18(22)15-6-5-12-21(13-15)27(25,26)16-10-8-14(2)9-11-16/h8-11,15,17H,3-7,12-13H2,1-2H3,(H,20,22)(H,23,24)/t15?,17-/m0/s1. The predicted molar refractivity (Wildman–Crippen MR) is 102 cm³/mol. The lowest BCUT2D eigenvalue weighted by Gasteiger charge is -2.31. The smallest absolute Gasteiger partial charge is 0.326 e. The van der Waals surface area contributed by atoms with E-state index in [0.717, 1.165) is 12.0 Å². The summed E-state index contributed by atoms with van der Waals surface area (Å²) < 4.78 is 27.0. The largest absolute Gasteiger partial charge is 0.480 e. The van der Waals surface area contributed by atoms with E-state index < -0.39 is 28.0 Å². The molecule has 150 valence electrons. The van der Waals surface area contributed by atoms with Crippen LogP contribution in [0.1, 0.15) is 44.6 Å². The molecule has 1 fully saturated rings. The highest BCUT2D eigenvalue weighted by Crippen LogP contribution is 2.24. The zero-order chi connectivity index (χ0) is 20.0. The van der Waals surface area contributed by atoms with Gasteiger partial charge < -0.3 is 10.4 Å². The summed E-state index contributed by atoms with van der Waals surface area (Å²) >= 11 is 0. The van der Waals surface area contributed by atoms with E-state index in [1.807, 2.05) is 13.8 Å². The molecule has 2 atom stereocenters. The first-order valence-corrected chi connectivity index (χ1v) is 10.8. The molecule has 2 rings (SSSR count). The fourth-order valence-corrected chi connectivity index (χ4v) is 4.71. The monoisotopic (exact) mass is 396 g/mol. The summed E-state index contributed by atoms with van der Waals surface area (Å²) in [5.74, 6) is -1.98. The second-order valence-corrected chi connectivity index (χ2v) is 8.99. The van der Waals surface area contributed by atoms with Crippen LogP contribution < -0.4 is 5.32 Å². The number of hydrogen-bond acceptors (Lipinski definition) is 4. The number of aliphatic carboxylic acids is 1. The van der Waals surface area contributed by atoms with Crippen molar-refractivity contribution in [3.63, 3.8) is 0 Å². The number of carbonyl (C=O) groups excluding carboxylic acids is 1. The van der Waals surface area contributed by atoms with Crippen molar-refractivity contribution in [1.29, 1.82) is 0 Å². The summed E-state index contributed by atoms with van der Waals surface area (Å²) in [5, 5.41) is 11.9. The third-order valence-corrected chi connectivity index (χ3v) is 6.75. The van der Waals surface area contributed by atoms with Gasteiger partial charge in [0.05, 0.1) is 10.8 Å². The minimum absolute atomic E-state index is 0.0716. The maximum Gasteiger partial charge on any atom is 0.326 e. The summed E-state index contributed by atoms with van der Waals surface area (Å²) in [6.07, 6.45) is 3.03. The lowest BCUT2D eigenvalue weighted by molar-refractivity contribution is -0.143. The van der Waals surface area contributed by atoms with Crippen LogP contribution in [-0.2, 0) is 19.6 Å². The molecule has 1 heterocycles. The number of rotatable bonds is 8. The number of aryl methyl sites for hydroxylation is 1. The lowest BCUT2D eigenvalue weighted by Crippen LogP contribution is -2.49. The Bertz CT molecular complexity index is 761. The Kier molecular flexibility index (Phi) is 7.38. The summed E-state index contributed by atoms with van der Waals surface area (Å²) in [7, 11) is -3.67. The Labute approximate surface area is 160 Å². The van der Waals surface area contributed by atoms with Gasteiger partial charge in [-0.15, -0.1) is 0 Å². The van der Waals surface area contributed by atoms with Crippen LogP contribution in [-0.4, -0.2) is 48.8 Å². The number of sulfonamides is 1. The van der Waals surface area contributed by atoms with Crippen molar-refractivity contribution in [3.05, 3.63) is 29.8 Å². The van der Waals surface area contributed by atoms with Crippen molar-refractivity contribution in [1.82, 2.24) is 9.62 Å². The maximum atomic E-state index is 12.8. The molecule has 0 aliphatic carbocycles. The zero-order valence-corrected chi connectivity index (χ0v) is 16.7. The number of carboxylic acids is 1. The Hall–Kier alpha value is -1.93. The van der Waals surface area contributed by atoms with Gasteiger partial charge in [0.25, 0.3) is 0 Å². The van der Waals surface area contributed by atoms with Crippen LogP contribution >= 0.6 is 0 Å². The van der Waals surface area contributed by atoms with Crippen molar-refractivity contribution in [2.45, 2.75) is 56.9 Å². The zero-order valence-electron chi connectivity index (χ0n) is 15.8. The molecule has 2 N–H and O–H groups in total. The topological polar surface area (TPSA) is 104 Å². The molecular formula is C19H28N2O5S. The van der Waals surface area contributed by atoms with Crippen molar-refractivity contribution in [2.75, 3.05) is 13.1 Å². The molecule has 0 bridgehead atoms. The van der Waals surface area contributed by atoms with Gasteiger partial charge in [-0.25, -0.2) is 13.2 Å². The molecule has 0 spiro atoms. The number of nitrogens with zero attached hydrogens (tertiary/aromatic N) is 1. The average molecular weight is 397 g/mol. The lowest BCUT2D eigenvalue weighted by atomic mass is 9.98. The van der Waals surface area contributed by atoms with Crippen LogP contribution in [0.5, 0.6) is 0 Å². The highest BCUT2D eigenvalue weighted by molar-refractivity contribution is 7.89. The van der Waals surface area contributed by atoms with Gasteiger partial charge >= 0.3 is 5.97 Å². The fourth-order valence-electron chi connectivity index (χ4n) is 3.19. The van der Waals surface area contributed by atoms with Crippen LogP contribution in [0.15, 0.2) is 29.2 Å². The van der Waals surface area contributed by atoms with Crippen molar-refractivity contribution in [3.8, 4) is 0 Å². The number of nitrogens with one attached hydrogen (secondary N) is 1. The Morgan fingerprint density at radius 2 is 1.96 bits per heavy atom. The quantitative estimate of drug-likeness (QED) is 0.701. The average Bonchev–Trinajstić information content (AvgIpc) is 2.65. The van der Waals surface area contributed by atoms with Gasteiger partial charge in [0.2, 0.25) is 15.9 Å². The van der Waals surface area contributed by atoms with E-state index in [-0.39, 0.29) is 17.3 Å². The van der Waals surface area contributed by atoms with Crippen LogP contribution in [0, 0.1) is 12.8 Å². The van der Waals surface area contributed by atoms with Gasteiger partial charge in [-0.05, 0) is 38.3 Å². The Balaban J connectivity index is 2.07. The SMILES string of the molecule is CCCC[C@H](NC(=O)C1CCCN(S(=O)(=O)c2ccc(C)cc2)C1)C(=O)O. The third kappa shape index (κ3) is 5.52. The first kappa shape index (κ1) is 21.4. The van der Waals surface area contributed by atoms with Gasteiger partial charge in [0, 0.05) is 13.1 Å². The van der Waals surface area contributed by atoms with E-state index in [1.54, 1.807) is 24.3 Å². The van der Waals surface area contributed by atoms with E-state index in [9.17, 15) is 23.1 Å². The van der Waals surface area contributed by atoms with E-state index in [2.05, 4.69) is 5.32 Å². The van der Waals surface area contributed by atoms with E-state index >= 15 is 0 Å². The number of benzene rings is 1. The summed E-state index contributed by atoms with van der Waals surface area (Å²) in [6.45, 7) is 4.27. The number of carbonyl (C=O) groups is 2. The molecule has 1 aromatic rings. The summed E-state index contributed by atoms with van der Waals surface area (Å²) in [4.78, 5) is 24.1. The molecule has 1 aliphatic rings. The highest BCUT2D eigenvalue weighted by Gasteiger charge is 2.34. The van der Waals surface area contributed by atoms with Crippen molar-refractivity contribution in [2.24, 2.45) is 5.92 Å². The molecule has 0 saturated carbocycles. The van der Waals surface area contributed by atoms with Crippen molar-refractivity contribution >= 4 is 21.9 Å². The molecule has 27 heavy (non-hydrogen) atoms. The van der Waals surface area contributed by atoms with Crippen LogP contribution in [0.25, 0.3) is 0 Å². The minimum Gasteiger partial charge on any atom is -0.480 e. The highest BCUT2D eigenvalue weighted by atomic mass is 32.2. The molecule has 1 saturated heterocycles. The maximum absolute atomic E-state index is 12.8. The minimum atomic E-state index is -3.67. The van der Waals surface area contributed by atoms with Gasteiger partial charge in [-0.1, -0.05) is 37.5 Å². The second kappa shape index (κ2) is 9.32. The fraction of sp³-hybridized carbons (Fsp3) is 0.579. The molecule has 8 heteroatoms. The summed E-state index contributed by atoms with van der Waals surface area (Å²) in [5.41, 5.74) is 0.969. The molecule has 7 nitrogen and oxygen atoms in total. The second-order valence-electron chi connectivity index (χ2n) is 7.06. The first-order valence-electron chi connectivity index (χ1n) is 9.35. The van der Waals surface area contributed by atoms with Crippen LogP contribution in [0.2, 0.25) is 0 Å². The summed E-state index contributed by atoms with van der Waals surface area (Å²) in [6, 6.07) is 5.69. The molecular weight excluding hydrogens is 368 g/mol. The first-order chi connectivity index (χ1) is 12.8. The molecule has 1 aliphatic heterocycles. The van der Waals surface area contributed by atoms with E-state index in [1.165, 1.54) is 4.31 Å². The molecule has 0 aromatic heterocycles. The molecule has 1 unspecified atom stereocenters. The molecule has 0 radical (unpaired) electrons. The van der Waals surface area contributed by atoms with Crippen LogP contribution in [0.4, 0.5) is 0 Å². The Morgan fingerprint density at radius 3 is 2.56 bits per heavy atom. The van der Waals surface area contributed by atoms with Gasteiger partial charge in [-0.2, -0.15) is 4.31 Å². The number of piperidine rings is 1. The van der Waals surface area contributed by atoms with Crippen molar-refractivity contribution < 1.29 is 23.1 Å². The Morgan fingerprint density at radius 1 is 1.30 bits per heavy atom. The van der Waals surface area contributed by atoms with Gasteiger partial charge in [0.15, 0.2) is 0 Å². The number of hydrogen-bond donors (Lipinski definition) is 2. The van der Waals surface area contributed by atoms with Gasteiger partial charge in [-0.3, -0.25) is 4.79 Å². The van der Waals surface area contributed by atoms with Gasteiger partial charge in [0.1, 0.15) is 6.04 Å². The number of unbranched alkanes of at least 4 members (excludes halogenated alkanes) is 1. The number of amides is 1. The molecule has 1 amide bonds. The van der Waals surface area contributed by atoms with E-state index in [0.29, 0.717) is 32.2 Å². The normalized spacial score (nSPS) is 19.4. The van der Waals surface area contributed by atoms with E-state index in [4.69, 9.17) is 0 Å². The van der Waals surface area contributed by atoms with Crippen LogP contribution in [0.3, 0.4) is 0 Å². The predicted octanol–water partition coefficient (Wildman–Crippen LogP) is 2.16.